The number of hydrogen-bond acceptors (Lipinski definition) is 4. The van der Waals surface area contributed by atoms with Crippen LogP contribution in [-0.4, -0.2) is 16.6 Å². The molecule has 1 aromatic heterocycles. The Bertz CT molecular complexity index is 720. The third kappa shape index (κ3) is 5.89. The highest BCUT2D eigenvalue weighted by molar-refractivity contribution is 5.88. The molecule has 134 valence electrons. The Kier molecular flexibility index (Phi) is 6.18. The number of aromatic nitrogens is 1. The van der Waals surface area contributed by atoms with Crippen molar-refractivity contribution in [2.24, 2.45) is 0 Å². The second-order valence-electron chi connectivity index (χ2n) is 7.21. The van der Waals surface area contributed by atoms with E-state index in [0.717, 1.165) is 17.7 Å². The van der Waals surface area contributed by atoms with Gasteiger partial charge in [-0.1, -0.05) is 44.2 Å². The Morgan fingerprint density at radius 2 is 1.92 bits per heavy atom. The molecule has 0 amide bonds. The van der Waals surface area contributed by atoms with Gasteiger partial charge in [-0.25, -0.2) is 9.78 Å². The van der Waals surface area contributed by atoms with E-state index in [1.54, 1.807) is 6.26 Å². The molecule has 0 N–H and O–H groups in total. The second kappa shape index (κ2) is 8.15. The third-order valence-corrected chi connectivity index (χ3v) is 3.67. The van der Waals surface area contributed by atoms with E-state index in [2.05, 4.69) is 42.8 Å². The van der Waals surface area contributed by atoms with Crippen molar-refractivity contribution in [1.82, 2.24) is 4.98 Å². The van der Waals surface area contributed by atoms with Crippen LogP contribution < -0.4 is 0 Å². The lowest BCUT2D eigenvalue weighted by Crippen LogP contribution is -2.25. The van der Waals surface area contributed by atoms with Gasteiger partial charge in [-0.3, -0.25) is 0 Å². The van der Waals surface area contributed by atoms with E-state index in [1.165, 1.54) is 18.4 Å². The van der Waals surface area contributed by atoms with Crippen molar-refractivity contribution in [2.45, 2.75) is 59.0 Å². The predicted molar refractivity (Wildman–Crippen MR) is 99.2 cm³/mol. The van der Waals surface area contributed by atoms with Crippen molar-refractivity contribution in [1.29, 1.82) is 0 Å². The molecule has 4 heteroatoms. The number of hydrogen-bond donors (Lipinski definition) is 0. The molecule has 0 unspecified atom stereocenters. The van der Waals surface area contributed by atoms with Crippen molar-refractivity contribution < 1.29 is 13.9 Å². The average molecular weight is 341 g/mol. The molecule has 0 aliphatic carbocycles. The van der Waals surface area contributed by atoms with Crippen LogP contribution in [0.4, 0.5) is 0 Å². The maximum absolute atomic E-state index is 12.0. The molecule has 0 spiro atoms. The molecule has 0 radical (unpaired) electrons. The number of esters is 1. The van der Waals surface area contributed by atoms with Crippen molar-refractivity contribution >= 4 is 5.97 Å². The minimum absolute atomic E-state index is 0.240. The zero-order valence-electron chi connectivity index (χ0n) is 15.6. The first-order chi connectivity index (χ1) is 11.8. The Morgan fingerprint density at radius 3 is 2.52 bits per heavy atom. The molecular formula is C21H27NO3. The minimum Gasteiger partial charge on any atom is -0.457 e. The molecule has 25 heavy (non-hydrogen) atoms. The molecular weight excluding hydrogens is 314 g/mol. The Morgan fingerprint density at radius 1 is 1.24 bits per heavy atom. The summed E-state index contributed by atoms with van der Waals surface area (Å²) in [6.45, 7) is 11.4. The lowest BCUT2D eigenvalue weighted by Gasteiger charge is -2.19. The topological polar surface area (TPSA) is 52.3 Å². The molecule has 4 nitrogen and oxygen atoms in total. The van der Waals surface area contributed by atoms with Crippen LogP contribution in [0.3, 0.4) is 0 Å². The molecule has 0 aliphatic rings. The number of rotatable bonds is 7. The summed E-state index contributed by atoms with van der Waals surface area (Å²) in [5, 5.41) is 0. The van der Waals surface area contributed by atoms with Gasteiger partial charge in [0, 0.05) is 11.1 Å². The monoisotopic (exact) mass is 341 g/mol. The number of benzene rings is 1. The minimum atomic E-state index is -0.540. The number of unbranched alkanes of at least 4 members (excludes halogenated alkanes) is 1. The standard InChI is InChI=1S/C21H27NO3/c1-6-7-8-16-9-11-17(12-10-16)18-14-24-19(22-18)13-15(2)20(23)25-21(3,4)5/h9-12,14H,2,6-8,13H2,1,3-5H3. The number of oxazole rings is 1. The van der Waals surface area contributed by atoms with Gasteiger partial charge in [-0.05, 0) is 39.2 Å². The SMILES string of the molecule is C=C(Cc1nc(-c2ccc(CCCC)cc2)co1)C(=O)OC(C)(C)C. The van der Waals surface area contributed by atoms with Crippen molar-refractivity contribution in [3.63, 3.8) is 0 Å². The van der Waals surface area contributed by atoms with Gasteiger partial charge < -0.3 is 9.15 Å². The maximum Gasteiger partial charge on any atom is 0.334 e. The van der Waals surface area contributed by atoms with Crippen LogP contribution in [0.2, 0.25) is 0 Å². The van der Waals surface area contributed by atoms with Crippen LogP contribution in [0, 0.1) is 0 Å². The van der Waals surface area contributed by atoms with Crippen LogP contribution in [-0.2, 0) is 22.4 Å². The van der Waals surface area contributed by atoms with Gasteiger partial charge in [0.1, 0.15) is 17.6 Å². The molecule has 0 aliphatic heterocycles. The summed E-state index contributed by atoms with van der Waals surface area (Å²) in [5.41, 5.74) is 2.87. The van der Waals surface area contributed by atoms with E-state index in [1.807, 2.05) is 20.8 Å². The molecule has 0 saturated carbocycles. The molecule has 2 rings (SSSR count). The molecule has 0 bridgehead atoms. The van der Waals surface area contributed by atoms with E-state index >= 15 is 0 Å². The highest BCUT2D eigenvalue weighted by atomic mass is 16.6. The zero-order valence-corrected chi connectivity index (χ0v) is 15.6. The number of carbonyl (C=O) groups is 1. The van der Waals surface area contributed by atoms with Gasteiger partial charge in [-0.15, -0.1) is 0 Å². The number of aryl methyl sites for hydroxylation is 1. The highest BCUT2D eigenvalue weighted by Crippen LogP contribution is 2.21. The Balaban J connectivity index is 2.00. The zero-order chi connectivity index (χ0) is 18.4. The van der Waals surface area contributed by atoms with E-state index in [4.69, 9.17) is 9.15 Å². The van der Waals surface area contributed by atoms with E-state index in [9.17, 15) is 4.79 Å². The fraction of sp³-hybridized carbons (Fsp3) is 0.429. The predicted octanol–water partition coefficient (Wildman–Crippen LogP) is 5.12. The lowest BCUT2D eigenvalue weighted by atomic mass is 10.1. The average Bonchev–Trinajstić information content (AvgIpc) is 3.00. The maximum atomic E-state index is 12.0. The van der Waals surface area contributed by atoms with E-state index < -0.39 is 11.6 Å². The third-order valence-electron chi connectivity index (χ3n) is 3.67. The van der Waals surface area contributed by atoms with Gasteiger partial charge in [0.05, 0.1) is 6.42 Å². The summed E-state index contributed by atoms with van der Waals surface area (Å²) in [4.78, 5) is 16.4. The fourth-order valence-electron chi connectivity index (χ4n) is 2.35. The molecule has 0 atom stereocenters. The van der Waals surface area contributed by atoms with Crippen LogP contribution in [0.25, 0.3) is 11.3 Å². The summed E-state index contributed by atoms with van der Waals surface area (Å²) in [7, 11) is 0. The summed E-state index contributed by atoms with van der Waals surface area (Å²) in [6, 6.07) is 8.35. The summed E-state index contributed by atoms with van der Waals surface area (Å²) in [6.07, 6.45) is 5.33. The smallest absolute Gasteiger partial charge is 0.334 e. The van der Waals surface area contributed by atoms with Crippen LogP contribution >= 0.6 is 0 Å². The van der Waals surface area contributed by atoms with E-state index in [0.29, 0.717) is 11.5 Å². The van der Waals surface area contributed by atoms with Crippen LogP contribution in [0.15, 0.2) is 47.1 Å². The van der Waals surface area contributed by atoms with Crippen molar-refractivity contribution in [2.75, 3.05) is 0 Å². The second-order valence-corrected chi connectivity index (χ2v) is 7.21. The summed E-state index contributed by atoms with van der Waals surface area (Å²) in [5.74, 6) is 0.0356. The van der Waals surface area contributed by atoms with Gasteiger partial charge in [0.15, 0.2) is 5.89 Å². The number of nitrogens with zero attached hydrogens (tertiary/aromatic N) is 1. The van der Waals surface area contributed by atoms with Gasteiger partial charge in [-0.2, -0.15) is 0 Å². The molecule has 0 saturated heterocycles. The van der Waals surface area contributed by atoms with E-state index in [-0.39, 0.29) is 6.42 Å². The van der Waals surface area contributed by atoms with Crippen molar-refractivity contribution in [3.8, 4) is 11.3 Å². The fourth-order valence-corrected chi connectivity index (χ4v) is 2.35. The van der Waals surface area contributed by atoms with Gasteiger partial charge >= 0.3 is 5.97 Å². The molecule has 1 heterocycles. The normalized spacial score (nSPS) is 11.4. The first-order valence-corrected chi connectivity index (χ1v) is 8.73. The highest BCUT2D eigenvalue weighted by Gasteiger charge is 2.20. The first-order valence-electron chi connectivity index (χ1n) is 8.73. The van der Waals surface area contributed by atoms with Crippen LogP contribution in [0.5, 0.6) is 0 Å². The first kappa shape index (κ1) is 19.0. The Labute approximate surface area is 149 Å². The summed E-state index contributed by atoms with van der Waals surface area (Å²) < 4.78 is 10.8. The quantitative estimate of drug-likeness (QED) is 0.518. The van der Waals surface area contributed by atoms with Crippen molar-refractivity contribution in [3.05, 3.63) is 54.1 Å². The van der Waals surface area contributed by atoms with Crippen LogP contribution in [0.1, 0.15) is 52.0 Å². The molecule has 1 aromatic carbocycles. The van der Waals surface area contributed by atoms with Gasteiger partial charge in [0.2, 0.25) is 0 Å². The van der Waals surface area contributed by atoms with Gasteiger partial charge in [0.25, 0.3) is 0 Å². The summed E-state index contributed by atoms with van der Waals surface area (Å²) >= 11 is 0. The molecule has 2 aromatic rings. The lowest BCUT2D eigenvalue weighted by molar-refractivity contribution is -0.150. The largest absolute Gasteiger partial charge is 0.457 e. The number of ether oxygens (including phenoxy) is 1. The Hall–Kier alpha value is -2.36. The number of carbonyl (C=O) groups excluding carboxylic acids is 1. The molecule has 0 fully saturated rings.